The molecule has 1 fully saturated rings. The van der Waals surface area contributed by atoms with E-state index in [4.69, 9.17) is 0 Å². The maximum atomic E-state index is 12.2. The van der Waals surface area contributed by atoms with Gasteiger partial charge in [-0.15, -0.1) is 0 Å². The van der Waals surface area contributed by atoms with E-state index in [1.807, 2.05) is 30.1 Å². The summed E-state index contributed by atoms with van der Waals surface area (Å²) in [5.41, 5.74) is 1.25. The first-order valence-electron chi connectivity index (χ1n) is 6.46. The second-order valence-electron chi connectivity index (χ2n) is 6.13. The lowest BCUT2D eigenvalue weighted by Gasteiger charge is -2.32. The number of nitrogens with zero attached hydrogens (tertiary/aromatic N) is 1. The number of benzene rings is 1. The first kappa shape index (κ1) is 13.1. The molecule has 3 heteroatoms. The summed E-state index contributed by atoms with van der Waals surface area (Å²) >= 11 is 0. The van der Waals surface area contributed by atoms with Gasteiger partial charge in [0.25, 0.3) is 0 Å². The Hall–Kier alpha value is -1.35. The fourth-order valence-electron chi connectivity index (χ4n) is 2.57. The normalized spacial score (nSPS) is 24.7. The van der Waals surface area contributed by atoms with Gasteiger partial charge in [-0.2, -0.15) is 0 Å². The number of amides is 1. The van der Waals surface area contributed by atoms with E-state index in [2.05, 4.69) is 38.2 Å². The lowest BCUT2D eigenvalue weighted by Crippen LogP contribution is -2.45. The van der Waals surface area contributed by atoms with Gasteiger partial charge in [-0.3, -0.25) is 10.1 Å². The largest absolute Gasteiger partial charge is 0.328 e. The summed E-state index contributed by atoms with van der Waals surface area (Å²) in [6, 6.07) is 10.1. The fourth-order valence-corrected chi connectivity index (χ4v) is 2.57. The first-order chi connectivity index (χ1) is 8.39. The van der Waals surface area contributed by atoms with Crippen LogP contribution in [0.15, 0.2) is 30.3 Å². The highest BCUT2D eigenvalue weighted by molar-refractivity contribution is 5.84. The van der Waals surface area contributed by atoms with E-state index >= 15 is 0 Å². The lowest BCUT2D eigenvalue weighted by atomic mass is 9.92. The molecule has 1 aromatic carbocycles. The average molecular weight is 246 g/mol. The van der Waals surface area contributed by atoms with Crippen LogP contribution in [0.5, 0.6) is 0 Å². The maximum absolute atomic E-state index is 12.2. The van der Waals surface area contributed by atoms with Crippen molar-refractivity contribution >= 4 is 5.91 Å². The molecule has 2 rings (SSSR count). The quantitative estimate of drug-likeness (QED) is 0.866. The number of carbonyl (C=O) groups is 1. The van der Waals surface area contributed by atoms with Gasteiger partial charge in [0.1, 0.15) is 0 Å². The Bertz CT molecular complexity index is 422. The van der Waals surface area contributed by atoms with Gasteiger partial charge < -0.3 is 4.90 Å². The molecule has 1 saturated heterocycles. The van der Waals surface area contributed by atoms with Crippen LogP contribution in [0.4, 0.5) is 0 Å². The Balaban J connectivity index is 2.10. The van der Waals surface area contributed by atoms with E-state index in [-0.39, 0.29) is 23.5 Å². The highest BCUT2D eigenvalue weighted by Gasteiger charge is 2.41. The second kappa shape index (κ2) is 4.73. The molecule has 0 aromatic heterocycles. The minimum atomic E-state index is -0.0957. The number of nitrogens with one attached hydrogen (secondary N) is 1. The Morgan fingerprint density at radius 2 is 1.83 bits per heavy atom. The topological polar surface area (TPSA) is 32.3 Å². The first-order valence-corrected chi connectivity index (χ1v) is 6.46. The van der Waals surface area contributed by atoms with E-state index in [0.717, 1.165) is 6.42 Å². The van der Waals surface area contributed by atoms with Crippen molar-refractivity contribution in [2.45, 2.75) is 39.4 Å². The Morgan fingerprint density at radius 3 is 2.33 bits per heavy atom. The summed E-state index contributed by atoms with van der Waals surface area (Å²) in [6.45, 7) is 6.46. The van der Waals surface area contributed by atoms with Gasteiger partial charge in [0.05, 0.1) is 12.2 Å². The molecule has 1 aliphatic heterocycles. The Kier molecular flexibility index (Phi) is 3.44. The summed E-state index contributed by atoms with van der Waals surface area (Å²) in [4.78, 5) is 14.1. The molecule has 0 bridgehead atoms. The molecule has 1 unspecified atom stereocenters. The molecule has 1 aromatic rings. The molecule has 0 spiro atoms. The molecule has 3 nitrogen and oxygen atoms in total. The number of likely N-dealkylation sites (N-methyl/N-ethyl adjacent to an activating group) is 1. The zero-order valence-corrected chi connectivity index (χ0v) is 11.6. The van der Waals surface area contributed by atoms with E-state index in [1.165, 1.54) is 5.56 Å². The minimum absolute atomic E-state index is 0.0514. The van der Waals surface area contributed by atoms with Crippen LogP contribution in [-0.2, 0) is 11.2 Å². The molecule has 1 amide bonds. The Labute approximate surface area is 109 Å². The molecule has 0 saturated carbocycles. The maximum Gasteiger partial charge on any atom is 0.241 e. The fraction of sp³-hybridized carbons (Fsp3) is 0.533. The number of rotatable bonds is 2. The van der Waals surface area contributed by atoms with Gasteiger partial charge in [-0.25, -0.2) is 0 Å². The van der Waals surface area contributed by atoms with Crippen LogP contribution in [0.1, 0.15) is 26.3 Å². The molecule has 1 N–H and O–H groups in total. The number of carbonyl (C=O) groups excluding carboxylic acids is 1. The van der Waals surface area contributed by atoms with Crippen LogP contribution in [0, 0.1) is 5.41 Å². The molecule has 98 valence electrons. The van der Waals surface area contributed by atoms with Gasteiger partial charge in [0, 0.05) is 7.05 Å². The van der Waals surface area contributed by atoms with Crippen molar-refractivity contribution < 1.29 is 4.79 Å². The highest BCUT2D eigenvalue weighted by atomic mass is 16.2. The molecule has 1 heterocycles. The molecule has 2 atom stereocenters. The van der Waals surface area contributed by atoms with Crippen LogP contribution in [0.2, 0.25) is 0 Å². The summed E-state index contributed by atoms with van der Waals surface area (Å²) in [6.07, 6.45) is 0.870. The van der Waals surface area contributed by atoms with Crippen molar-refractivity contribution in [1.82, 2.24) is 10.2 Å². The average Bonchev–Trinajstić information content (AvgIpc) is 2.58. The molecule has 1 aliphatic rings. The van der Waals surface area contributed by atoms with E-state index in [1.54, 1.807) is 0 Å². The predicted molar refractivity (Wildman–Crippen MR) is 73.1 cm³/mol. The number of hydrogen-bond acceptors (Lipinski definition) is 2. The minimum Gasteiger partial charge on any atom is -0.328 e. The Morgan fingerprint density at radius 1 is 1.22 bits per heavy atom. The predicted octanol–water partition coefficient (Wildman–Crippen LogP) is 2.03. The molecular formula is C15H22N2O. The van der Waals surface area contributed by atoms with Gasteiger partial charge in [0.2, 0.25) is 5.91 Å². The summed E-state index contributed by atoms with van der Waals surface area (Å²) in [5, 5.41) is 3.46. The second-order valence-corrected chi connectivity index (χ2v) is 6.13. The standard InChI is InChI=1S/C15H22N2O/c1-15(2,3)14-16-12(13(18)17(14)4)10-11-8-6-5-7-9-11/h5-9,12,14,16H,10H2,1-4H3/t12-,14?/m1/s1. The van der Waals surface area contributed by atoms with Gasteiger partial charge in [0.15, 0.2) is 0 Å². The SMILES string of the molecule is CN1C(=O)[C@@H](Cc2ccccc2)NC1C(C)(C)C. The third-order valence-electron chi connectivity index (χ3n) is 3.50. The third-order valence-corrected chi connectivity index (χ3v) is 3.50. The highest BCUT2D eigenvalue weighted by Crippen LogP contribution is 2.27. The van der Waals surface area contributed by atoms with Crippen molar-refractivity contribution in [2.75, 3.05) is 7.05 Å². The van der Waals surface area contributed by atoms with E-state index in [9.17, 15) is 4.79 Å². The third kappa shape index (κ3) is 2.56. The molecule has 0 radical (unpaired) electrons. The van der Waals surface area contributed by atoms with Crippen molar-refractivity contribution in [3.8, 4) is 0 Å². The zero-order chi connectivity index (χ0) is 13.3. The smallest absolute Gasteiger partial charge is 0.241 e. The van der Waals surface area contributed by atoms with Crippen LogP contribution in [-0.4, -0.2) is 30.1 Å². The lowest BCUT2D eigenvalue weighted by molar-refractivity contribution is -0.129. The van der Waals surface area contributed by atoms with Crippen molar-refractivity contribution in [3.63, 3.8) is 0 Å². The van der Waals surface area contributed by atoms with Crippen LogP contribution in [0.25, 0.3) is 0 Å². The van der Waals surface area contributed by atoms with Crippen molar-refractivity contribution in [3.05, 3.63) is 35.9 Å². The summed E-state index contributed by atoms with van der Waals surface area (Å²) < 4.78 is 0. The van der Waals surface area contributed by atoms with Crippen molar-refractivity contribution in [1.29, 1.82) is 0 Å². The van der Waals surface area contributed by atoms with Gasteiger partial charge in [-0.05, 0) is 17.4 Å². The molecule has 18 heavy (non-hydrogen) atoms. The van der Waals surface area contributed by atoms with Gasteiger partial charge in [-0.1, -0.05) is 51.1 Å². The van der Waals surface area contributed by atoms with Crippen molar-refractivity contribution in [2.24, 2.45) is 5.41 Å². The van der Waals surface area contributed by atoms with Gasteiger partial charge >= 0.3 is 0 Å². The summed E-state index contributed by atoms with van der Waals surface area (Å²) in [5.74, 6) is 0.193. The zero-order valence-electron chi connectivity index (χ0n) is 11.6. The van der Waals surface area contributed by atoms with Crippen LogP contribution < -0.4 is 5.32 Å². The van der Waals surface area contributed by atoms with Crippen LogP contribution in [0.3, 0.4) is 0 Å². The van der Waals surface area contributed by atoms with Crippen LogP contribution >= 0.6 is 0 Å². The number of hydrogen-bond donors (Lipinski definition) is 1. The monoisotopic (exact) mass is 246 g/mol. The molecule has 0 aliphatic carbocycles. The summed E-state index contributed by atoms with van der Waals surface area (Å²) in [7, 11) is 1.89. The van der Waals surface area contributed by atoms with E-state index < -0.39 is 0 Å². The van der Waals surface area contributed by atoms with E-state index in [0.29, 0.717) is 0 Å². The molecular weight excluding hydrogens is 224 g/mol.